The lowest BCUT2D eigenvalue weighted by Gasteiger charge is -2.21. The summed E-state index contributed by atoms with van der Waals surface area (Å²) in [6.07, 6.45) is 0.747. The van der Waals surface area contributed by atoms with Gasteiger partial charge in [0.15, 0.2) is 6.10 Å². The maximum atomic E-state index is 13.2. The monoisotopic (exact) mass is 657 g/mol. The van der Waals surface area contributed by atoms with E-state index < -0.39 is 24.0 Å². The number of hydrogen-bond acceptors (Lipinski definition) is 5. The molecule has 0 saturated carbocycles. The van der Waals surface area contributed by atoms with Gasteiger partial charge in [-0.05, 0) is 60.5 Å². The number of nitrogens with one attached hydrogen (secondary N) is 2. The van der Waals surface area contributed by atoms with Gasteiger partial charge >= 0.3 is 0 Å². The number of hydrazone groups is 1. The summed E-state index contributed by atoms with van der Waals surface area (Å²) in [5, 5.41) is 8.49. The van der Waals surface area contributed by atoms with Crippen molar-refractivity contribution >= 4 is 64.4 Å². The molecule has 0 aliphatic rings. The van der Waals surface area contributed by atoms with Gasteiger partial charge in [0.25, 0.3) is 11.8 Å². The van der Waals surface area contributed by atoms with Crippen LogP contribution in [0.3, 0.4) is 0 Å². The third kappa shape index (κ3) is 9.63. The SMILES string of the molecule is C[C@@H](Oc1ccc(Cl)cc1Cl)C(=O)N[C@H](Cc1ccccc1)C(=O)N/N=C\c1ccccc1OCc1ccc(Cl)c(Cl)c1. The summed E-state index contributed by atoms with van der Waals surface area (Å²) >= 11 is 24.2. The second-order valence-electron chi connectivity index (χ2n) is 9.39. The standard InChI is InChI=1S/C32H27Cl4N3O4/c1-20(43-30-14-12-24(33)17-27(30)36)31(40)38-28(16-21-7-3-2-4-8-21)32(41)39-37-18-23-9-5-6-10-29(23)42-19-22-11-13-25(34)26(35)15-22/h2-15,17-18,20,28H,16,19H2,1H3,(H,38,40)(H,39,41)/b37-18-/t20-,28-/m1/s1. The summed E-state index contributed by atoms with van der Waals surface area (Å²) in [4.78, 5) is 26.3. The molecule has 4 rings (SSSR count). The van der Waals surface area contributed by atoms with E-state index in [2.05, 4.69) is 15.8 Å². The molecule has 4 aromatic rings. The van der Waals surface area contributed by atoms with Crippen LogP contribution in [0.1, 0.15) is 23.6 Å². The van der Waals surface area contributed by atoms with Crippen molar-refractivity contribution in [1.29, 1.82) is 0 Å². The van der Waals surface area contributed by atoms with E-state index in [9.17, 15) is 9.59 Å². The molecule has 222 valence electrons. The van der Waals surface area contributed by atoms with Gasteiger partial charge in [-0.25, -0.2) is 5.43 Å². The molecule has 0 aromatic heterocycles. The summed E-state index contributed by atoms with van der Waals surface area (Å²) in [5.41, 5.74) is 4.85. The van der Waals surface area contributed by atoms with Crippen LogP contribution in [-0.2, 0) is 22.6 Å². The van der Waals surface area contributed by atoms with Gasteiger partial charge in [-0.1, -0.05) is 94.9 Å². The highest BCUT2D eigenvalue weighted by molar-refractivity contribution is 6.42. The number of hydrogen-bond donors (Lipinski definition) is 2. The van der Waals surface area contributed by atoms with E-state index >= 15 is 0 Å². The molecular formula is C32H27Cl4N3O4. The van der Waals surface area contributed by atoms with Gasteiger partial charge in [0, 0.05) is 17.0 Å². The van der Waals surface area contributed by atoms with Crippen molar-refractivity contribution < 1.29 is 19.1 Å². The molecule has 0 heterocycles. The molecule has 0 radical (unpaired) electrons. The van der Waals surface area contributed by atoms with Crippen molar-refractivity contribution in [3.63, 3.8) is 0 Å². The molecule has 11 heteroatoms. The summed E-state index contributed by atoms with van der Waals surface area (Å²) in [6, 6.07) is 25.5. The van der Waals surface area contributed by atoms with Crippen molar-refractivity contribution in [3.8, 4) is 11.5 Å². The Balaban J connectivity index is 1.42. The average Bonchev–Trinajstić information content (AvgIpc) is 2.99. The third-order valence-corrected chi connectivity index (χ3v) is 7.43. The van der Waals surface area contributed by atoms with E-state index in [0.717, 1.165) is 11.1 Å². The lowest BCUT2D eigenvalue weighted by atomic mass is 10.1. The number of halogens is 4. The molecule has 2 atom stereocenters. The van der Waals surface area contributed by atoms with E-state index in [-0.39, 0.29) is 18.1 Å². The number of amides is 2. The molecule has 43 heavy (non-hydrogen) atoms. The Bertz CT molecular complexity index is 1600. The highest BCUT2D eigenvalue weighted by Crippen LogP contribution is 2.28. The topological polar surface area (TPSA) is 89.0 Å². The van der Waals surface area contributed by atoms with Gasteiger partial charge in [-0.2, -0.15) is 5.10 Å². The number of carbonyl (C=O) groups excluding carboxylic acids is 2. The molecule has 0 bridgehead atoms. The first kappa shape index (κ1) is 32.2. The molecule has 0 saturated heterocycles. The number of ether oxygens (including phenoxy) is 2. The highest BCUT2D eigenvalue weighted by atomic mass is 35.5. The Kier molecular flexibility index (Phi) is 11.7. The Morgan fingerprint density at radius 2 is 1.53 bits per heavy atom. The van der Waals surface area contributed by atoms with Gasteiger partial charge in [0.2, 0.25) is 0 Å². The fourth-order valence-electron chi connectivity index (χ4n) is 3.92. The molecule has 2 amide bonds. The largest absolute Gasteiger partial charge is 0.488 e. The first-order valence-electron chi connectivity index (χ1n) is 13.1. The van der Waals surface area contributed by atoms with Crippen molar-refractivity contribution in [2.24, 2.45) is 5.10 Å². The normalized spacial score (nSPS) is 12.4. The van der Waals surface area contributed by atoms with E-state index in [1.807, 2.05) is 48.5 Å². The van der Waals surface area contributed by atoms with Crippen LogP contribution >= 0.6 is 46.4 Å². The number of rotatable bonds is 12. The number of carbonyl (C=O) groups is 2. The van der Waals surface area contributed by atoms with Crippen LogP contribution in [0, 0.1) is 0 Å². The van der Waals surface area contributed by atoms with Crippen LogP contribution in [0.2, 0.25) is 20.1 Å². The Morgan fingerprint density at radius 1 is 0.791 bits per heavy atom. The zero-order chi connectivity index (χ0) is 30.8. The second-order valence-corrected chi connectivity index (χ2v) is 11.1. The highest BCUT2D eigenvalue weighted by Gasteiger charge is 2.25. The predicted molar refractivity (Wildman–Crippen MR) is 172 cm³/mol. The molecule has 7 nitrogen and oxygen atoms in total. The molecule has 0 aliphatic carbocycles. The van der Waals surface area contributed by atoms with Gasteiger partial charge in [-0.3, -0.25) is 9.59 Å². The van der Waals surface area contributed by atoms with Gasteiger partial charge in [0.1, 0.15) is 24.1 Å². The van der Waals surface area contributed by atoms with E-state index in [0.29, 0.717) is 32.1 Å². The summed E-state index contributed by atoms with van der Waals surface area (Å²) in [6.45, 7) is 1.81. The quantitative estimate of drug-likeness (QED) is 0.122. The van der Waals surface area contributed by atoms with Crippen LogP contribution in [0.15, 0.2) is 96.1 Å². The lowest BCUT2D eigenvalue weighted by molar-refractivity contribution is -0.132. The van der Waals surface area contributed by atoms with Gasteiger partial charge in [0.05, 0.1) is 21.3 Å². The van der Waals surface area contributed by atoms with Crippen LogP contribution in [0.25, 0.3) is 0 Å². The maximum Gasteiger partial charge on any atom is 0.262 e. The molecule has 0 spiro atoms. The number of nitrogens with zero attached hydrogens (tertiary/aromatic N) is 1. The Hall–Kier alpha value is -3.75. The number of para-hydroxylation sites is 1. The Labute approximate surface area is 269 Å². The summed E-state index contributed by atoms with van der Waals surface area (Å²) < 4.78 is 11.7. The van der Waals surface area contributed by atoms with Gasteiger partial charge < -0.3 is 14.8 Å². The smallest absolute Gasteiger partial charge is 0.262 e. The lowest BCUT2D eigenvalue weighted by Crippen LogP contribution is -2.50. The van der Waals surface area contributed by atoms with Crippen LogP contribution in [0.4, 0.5) is 0 Å². The average molecular weight is 659 g/mol. The predicted octanol–water partition coefficient (Wildman–Crippen LogP) is 7.52. The van der Waals surface area contributed by atoms with Crippen molar-refractivity contribution in [1.82, 2.24) is 10.7 Å². The third-order valence-electron chi connectivity index (χ3n) is 6.16. The summed E-state index contributed by atoms with van der Waals surface area (Å²) in [5.74, 6) is -0.179. The summed E-state index contributed by atoms with van der Waals surface area (Å²) in [7, 11) is 0. The number of benzene rings is 4. The minimum atomic E-state index is -0.951. The second kappa shape index (κ2) is 15.6. The molecule has 0 fully saturated rings. The molecular weight excluding hydrogens is 632 g/mol. The van der Waals surface area contributed by atoms with Crippen molar-refractivity contribution in [2.45, 2.75) is 32.1 Å². The Morgan fingerprint density at radius 3 is 2.28 bits per heavy atom. The van der Waals surface area contributed by atoms with Crippen LogP contribution in [0.5, 0.6) is 11.5 Å². The maximum absolute atomic E-state index is 13.2. The first-order chi connectivity index (χ1) is 20.7. The first-order valence-corrected chi connectivity index (χ1v) is 14.7. The van der Waals surface area contributed by atoms with Crippen molar-refractivity contribution in [2.75, 3.05) is 0 Å². The minimum absolute atomic E-state index is 0.228. The van der Waals surface area contributed by atoms with E-state index in [1.165, 1.54) is 12.3 Å². The van der Waals surface area contributed by atoms with Crippen molar-refractivity contribution in [3.05, 3.63) is 128 Å². The van der Waals surface area contributed by atoms with Crippen LogP contribution < -0.4 is 20.2 Å². The zero-order valence-corrected chi connectivity index (χ0v) is 25.9. The molecule has 2 N–H and O–H groups in total. The fraction of sp³-hybridized carbons (Fsp3) is 0.156. The van der Waals surface area contributed by atoms with E-state index in [1.54, 1.807) is 43.3 Å². The van der Waals surface area contributed by atoms with Gasteiger partial charge in [-0.15, -0.1) is 0 Å². The molecule has 0 aliphatic heterocycles. The fourth-order valence-corrected chi connectivity index (χ4v) is 4.69. The molecule has 0 unspecified atom stereocenters. The van der Waals surface area contributed by atoms with Crippen LogP contribution in [-0.4, -0.2) is 30.2 Å². The zero-order valence-electron chi connectivity index (χ0n) is 22.9. The minimum Gasteiger partial charge on any atom is -0.488 e. The molecule has 4 aromatic carbocycles. The van der Waals surface area contributed by atoms with E-state index in [4.69, 9.17) is 55.9 Å².